The Bertz CT molecular complexity index is 2260. The molecule has 52 heavy (non-hydrogen) atoms. The molecular formula is C39H44N2O7S4. The van der Waals surface area contributed by atoms with E-state index in [2.05, 4.69) is 70.2 Å². The van der Waals surface area contributed by atoms with Crippen LogP contribution in [-0.4, -0.2) is 49.6 Å². The number of aromatic nitrogens is 1. The number of aryl methyl sites for hydroxylation is 2. The number of rotatable bonds is 13. The molecule has 1 aliphatic heterocycles. The Labute approximate surface area is 315 Å². The molecule has 13 heteroatoms. The van der Waals surface area contributed by atoms with Crippen molar-refractivity contribution in [3.63, 3.8) is 0 Å². The molecule has 1 N–H and O–H groups in total. The SMILES string of the molecule is CCOc1ccc2sc(C=C3C=C(C=C4Sc5ccc(C)cc5N4CCC(C)S(=O)(=O)[O-])CC(c4ccccc4)C3)[n+](CCC(C)S(=O)(=O)O)c2c1. The summed E-state index contributed by atoms with van der Waals surface area (Å²) >= 11 is 3.27. The van der Waals surface area contributed by atoms with Crippen molar-refractivity contribution >= 4 is 65.3 Å². The molecule has 1 aromatic heterocycles. The predicted molar refractivity (Wildman–Crippen MR) is 210 cm³/mol. The normalized spacial score (nSPS) is 19.2. The van der Waals surface area contributed by atoms with Crippen molar-refractivity contribution in [2.45, 2.75) is 81.2 Å². The first kappa shape index (κ1) is 38.3. The molecule has 9 nitrogen and oxygen atoms in total. The van der Waals surface area contributed by atoms with Crippen LogP contribution in [-0.2, 0) is 26.8 Å². The van der Waals surface area contributed by atoms with Crippen LogP contribution in [0.15, 0.2) is 100.0 Å². The second-order valence-corrected chi connectivity index (χ2v) is 19.3. The van der Waals surface area contributed by atoms with E-state index in [1.54, 1.807) is 23.1 Å². The van der Waals surface area contributed by atoms with Gasteiger partial charge in [-0.15, -0.1) is 0 Å². The number of ether oxygens (including phenoxy) is 1. The number of allylic oxidation sites excluding steroid dienone is 4. The zero-order valence-corrected chi connectivity index (χ0v) is 33.0. The van der Waals surface area contributed by atoms with Gasteiger partial charge in [-0.25, -0.2) is 8.42 Å². The number of benzene rings is 3. The Kier molecular flexibility index (Phi) is 11.7. The van der Waals surface area contributed by atoms with Gasteiger partial charge in [-0.05, 0) is 105 Å². The van der Waals surface area contributed by atoms with Gasteiger partial charge in [0.05, 0.1) is 38.8 Å². The number of nitrogens with zero attached hydrogens (tertiary/aromatic N) is 2. The van der Waals surface area contributed by atoms with Crippen molar-refractivity contribution in [2.75, 3.05) is 18.1 Å². The fourth-order valence-electron chi connectivity index (χ4n) is 6.62. The van der Waals surface area contributed by atoms with E-state index in [0.717, 1.165) is 66.1 Å². The highest BCUT2D eigenvalue weighted by Gasteiger charge is 2.29. The minimum atomic E-state index is -4.41. The zero-order chi connectivity index (χ0) is 37.2. The van der Waals surface area contributed by atoms with E-state index >= 15 is 0 Å². The average Bonchev–Trinajstić information content (AvgIpc) is 3.61. The Morgan fingerprint density at radius 2 is 1.77 bits per heavy atom. The molecule has 0 bridgehead atoms. The topological polar surface area (TPSA) is 128 Å². The smallest absolute Gasteiger partial charge is 0.267 e. The van der Waals surface area contributed by atoms with Gasteiger partial charge in [0, 0.05) is 29.2 Å². The molecule has 0 saturated carbocycles. The van der Waals surface area contributed by atoms with Crippen LogP contribution >= 0.6 is 23.1 Å². The van der Waals surface area contributed by atoms with Gasteiger partial charge in [-0.2, -0.15) is 13.0 Å². The molecule has 0 saturated heterocycles. The number of thioether (sulfide) groups is 1. The largest absolute Gasteiger partial charge is 0.748 e. The number of fused-ring (bicyclic) bond motifs is 2. The van der Waals surface area contributed by atoms with Gasteiger partial charge in [0.2, 0.25) is 5.52 Å². The Balaban J connectivity index is 1.42. The van der Waals surface area contributed by atoms with Gasteiger partial charge >= 0.3 is 0 Å². The molecule has 0 radical (unpaired) electrons. The van der Waals surface area contributed by atoms with Gasteiger partial charge in [-0.1, -0.05) is 65.6 Å². The number of anilines is 1. The van der Waals surface area contributed by atoms with Gasteiger partial charge in [0.1, 0.15) is 10.4 Å². The highest BCUT2D eigenvalue weighted by Crippen LogP contribution is 2.48. The molecule has 0 spiro atoms. The molecule has 2 heterocycles. The third-order valence-corrected chi connectivity index (χ3v) is 14.3. The van der Waals surface area contributed by atoms with E-state index in [0.29, 0.717) is 19.7 Å². The lowest BCUT2D eigenvalue weighted by molar-refractivity contribution is -0.669. The summed E-state index contributed by atoms with van der Waals surface area (Å²) in [6.45, 7) is 8.25. The number of hydrogen-bond donors (Lipinski definition) is 1. The van der Waals surface area contributed by atoms with Crippen molar-refractivity contribution in [1.82, 2.24) is 0 Å². The minimum absolute atomic E-state index is 0.200. The van der Waals surface area contributed by atoms with Crippen LogP contribution in [0.4, 0.5) is 5.69 Å². The van der Waals surface area contributed by atoms with E-state index in [9.17, 15) is 25.9 Å². The van der Waals surface area contributed by atoms with E-state index in [1.165, 1.54) is 19.4 Å². The summed E-state index contributed by atoms with van der Waals surface area (Å²) < 4.78 is 77.9. The first-order valence-corrected chi connectivity index (χ1v) is 22.0. The van der Waals surface area contributed by atoms with Crippen LogP contribution in [0, 0.1) is 6.92 Å². The lowest BCUT2D eigenvalue weighted by Crippen LogP contribution is -2.37. The Morgan fingerprint density at radius 3 is 2.48 bits per heavy atom. The van der Waals surface area contributed by atoms with Crippen molar-refractivity contribution in [2.24, 2.45) is 0 Å². The van der Waals surface area contributed by atoms with Crippen LogP contribution in [0.1, 0.15) is 68.5 Å². The van der Waals surface area contributed by atoms with E-state index in [-0.39, 0.29) is 18.8 Å². The average molecular weight is 781 g/mol. The van der Waals surface area contributed by atoms with Crippen LogP contribution in [0.2, 0.25) is 0 Å². The molecule has 3 atom stereocenters. The van der Waals surface area contributed by atoms with Crippen LogP contribution in [0.25, 0.3) is 16.3 Å². The van der Waals surface area contributed by atoms with Gasteiger partial charge in [-0.3, -0.25) is 4.55 Å². The van der Waals surface area contributed by atoms with Crippen LogP contribution in [0.5, 0.6) is 5.75 Å². The highest BCUT2D eigenvalue weighted by molar-refractivity contribution is 8.03. The summed E-state index contributed by atoms with van der Waals surface area (Å²) in [6.07, 6.45) is 8.66. The maximum Gasteiger partial charge on any atom is 0.267 e. The highest BCUT2D eigenvalue weighted by atomic mass is 32.2. The van der Waals surface area contributed by atoms with E-state index in [1.807, 2.05) is 38.1 Å². The summed E-state index contributed by atoms with van der Waals surface area (Å²) in [4.78, 5) is 3.22. The van der Waals surface area contributed by atoms with Gasteiger partial charge < -0.3 is 14.2 Å². The van der Waals surface area contributed by atoms with E-state index < -0.39 is 30.7 Å². The number of hydrogen-bond acceptors (Lipinski definition) is 9. The minimum Gasteiger partial charge on any atom is -0.748 e. The molecule has 3 unspecified atom stereocenters. The van der Waals surface area contributed by atoms with Crippen LogP contribution < -0.4 is 14.2 Å². The Morgan fingerprint density at radius 1 is 1.00 bits per heavy atom. The molecule has 276 valence electrons. The molecular weight excluding hydrogens is 737 g/mol. The monoisotopic (exact) mass is 780 g/mol. The quantitative estimate of drug-likeness (QED) is 0.105. The van der Waals surface area contributed by atoms with Crippen molar-refractivity contribution in [3.8, 4) is 5.75 Å². The second kappa shape index (κ2) is 15.9. The molecule has 4 aromatic rings. The van der Waals surface area contributed by atoms with Crippen molar-refractivity contribution < 1.29 is 35.2 Å². The lowest BCUT2D eigenvalue weighted by atomic mass is 9.81. The first-order valence-electron chi connectivity index (χ1n) is 17.4. The van der Waals surface area contributed by atoms with Gasteiger partial charge in [0.15, 0.2) is 6.54 Å². The molecule has 0 fully saturated rings. The molecule has 0 amide bonds. The summed E-state index contributed by atoms with van der Waals surface area (Å²) in [5, 5.41) is 0.0228. The third kappa shape index (κ3) is 9.00. The van der Waals surface area contributed by atoms with Crippen molar-refractivity contribution in [3.05, 3.63) is 111 Å². The molecule has 6 rings (SSSR count). The second-order valence-electron chi connectivity index (χ2n) is 13.5. The van der Waals surface area contributed by atoms with Gasteiger partial charge in [0.25, 0.3) is 15.1 Å². The van der Waals surface area contributed by atoms with Crippen LogP contribution in [0.3, 0.4) is 0 Å². The fraction of sp³-hybridized carbons (Fsp3) is 0.359. The summed E-state index contributed by atoms with van der Waals surface area (Å²) in [5.41, 5.74) is 6.52. The predicted octanol–water partition coefficient (Wildman–Crippen LogP) is 8.23. The lowest BCUT2D eigenvalue weighted by Gasteiger charge is -2.26. The maximum absolute atomic E-state index is 11.9. The fourth-order valence-corrected chi connectivity index (χ4v) is 9.70. The first-order chi connectivity index (χ1) is 24.7. The molecule has 3 aromatic carbocycles. The molecule has 2 aliphatic rings. The summed E-state index contributed by atoms with van der Waals surface area (Å²) in [6, 6.07) is 22.7. The maximum atomic E-state index is 11.9. The van der Waals surface area contributed by atoms with Crippen molar-refractivity contribution in [1.29, 1.82) is 0 Å². The standard InChI is InChI=1S/C39H44N2O7S4/c1-5-48-33-12-14-37-35(25-33)41(18-16-28(4)52(45,46)47)39(50-37)24-30-20-29(21-32(22-30)31-9-7-6-8-10-31)23-38-40(17-15-27(3)51(42,43)44)34-19-26(2)11-13-36(34)49-38/h6-14,19-20,23-25,27-28,32H,5,15-18,21-22H2,1-4H3,(H-,42,43,44,45,46,47). The third-order valence-electron chi connectivity index (χ3n) is 9.64. The van der Waals surface area contributed by atoms with E-state index in [4.69, 9.17) is 4.74 Å². The molecule has 1 aliphatic carbocycles. The summed E-state index contributed by atoms with van der Waals surface area (Å²) in [7, 11) is -8.59. The Hall–Kier alpha value is -3.46. The zero-order valence-electron chi connectivity index (χ0n) is 29.7. The number of thiazole rings is 1. The summed E-state index contributed by atoms with van der Waals surface area (Å²) in [5.74, 6) is 0.933.